The van der Waals surface area contributed by atoms with E-state index in [9.17, 15) is 4.79 Å². The molecule has 2 N–H and O–H groups in total. The number of carbonyl (C=O) groups is 1. The highest BCUT2D eigenvalue weighted by Crippen LogP contribution is 2.14. The van der Waals surface area contributed by atoms with Crippen LogP contribution in [0.5, 0.6) is 0 Å². The van der Waals surface area contributed by atoms with Crippen LogP contribution in [0.3, 0.4) is 0 Å². The van der Waals surface area contributed by atoms with Crippen molar-refractivity contribution in [2.24, 2.45) is 0 Å². The molecule has 0 bridgehead atoms. The minimum atomic E-state index is -0.478. The molecule has 5 heteroatoms. The van der Waals surface area contributed by atoms with E-state index >= 15 is 0 Å². The third-order valence-electron chi connectivity index (χ3n) is 1.42. The third kappa shape index (κ3) is 2.83. The van der Waals surface area contributed by atoms with Crippen LogP contribution in [0.25, 0.3) is 0 Å². The fourth-order valence-electron chi connectivity index (χ4n) is 0.895. The lowest BCUT2D eigenvalue weighted by molar-refractivity contribution is 0.0372. The first kappa shape index (κ1) is 11.2. The Hall–Kier alpha value is -0.850. The maximum Gasteiger partial charge on any atom is 0.359 e. The first-order valence-corrected chi connectivity index (χ1v) is 5.20. The second kappa shape index (κ2) is 4.59. The maximum atomic E-state index is 11.4. The Balaban J connectivity index is 2.90. The minimum Gasteiger partial charge on any atom is -0.458 e. The Morgan fingerprint density at radius 3 is 2.79 bits per heavy atom. The summed E-state index contributed by atoms with van der Waals surface area (Å²) in [4.78, 5) is 15.3. The Morgan fingerprint density at radius 2 is 2.29 bits per heavy atom. The van der Waals surface area contributed by atoms with Gasteiger partial charge in [-0.25, -0.2) is 9.78 Å². The molecule has 0 fully saturated rings. The Bertz CT molecular complexity index is 353. The van der Waals surface area contributed by atoms with Crippen molar-refractivity contribution in [3.8, 4) is 0 Å². The molecule has 0 amide bonds. The summed E-state index contributed by atoms with van der Waals surface area (Å²) in [5, 5.41) is 0. The molecule has 0 aromatic carbocycles. The van der Waals surface area contributed by atoms with Crippen LogP contribution in [0.15, 0.2) is 12.3 Å². The molecular weight excluding hydrogens is 295 g/mol. The summed E-state index contributed by atoms with van der Waals surface area (Å²) in [6.07, 6.45) is 1.41. The van der Waals surface area contributed by atoms with Gasteiger partial charge in [-0.05, 0) is 42.5 Å². The van der Waals surface area contributed by atoms with Crippen LogP contribution in [0.2, 0.25) is 0 Å². The van der Waals surface area contributed by atoms with Crippen molar-refractivity contribution in [1.82, 2.24) is 4.98 Å². The fraction of sp³-hybridized carbons (Fsp3) is 0.333. The summed E-state index contributed by atoms with van der Waals surface area (Å²) in [6, 6.07) is 1.68. The van der Waals surface area contributed by atoms with Crippen molar-refractivity contribution in [1.29, 1.82) is 0 Å². The van der Waals surface area contributed by atoms with Crippen molar-refractivity contribution < 1.29 is 9.53 Å². The summed E-state index contributed by atoms with van der Waals surface area (Å²) in [5.74, 6) is -0.478. The number of hydrogen-bond acceptors (Lipinski definition) is 4. The molecule has 14 heavy (non-hydrogen) atoms. The zero-order valence-corrected chi connectivity index (χ0v) is 10.1. The molecule has 1 aromatic rings. The van der Waals surface area contributed by atoms with Crippen LogP contribution in [-0.4, -0.2) is 17.1 Å². The number of carbonyl (C=O) groups excluding carboxylic acids is 1. The second-order valence-corrected chi connectivity index (χ2v) is 4.29. The van der Waals surface area contributed by atoms with Crippen molar-refractivity contribution in [2.75, 3.05) is 5.73 Å². The number of aromatic nitrogens is 1. The largest absolute Gasteiger partial charge is 0.458 e. The second-order valence-electron chi connectivity index (χ2n) is 3.05. The highest BCUT2D eigenvalue weighted by atomic mass is 127. The standard InChI is InChI=1S/C9H11IN2O2/c1-5(2)14-9(13)8-7(11)3-6(10)4-12-8/h3-5H,11H2,1-2H3. The van der Waals surface area contributed by atoms with E-state index in [1.54, 1.807) is 26.1 Å². The topological polar surface area (TPSA) is 65.2 Å². The van der Waals surface area contributed by atoms with Crippen molar-refractivity contribution in [3.05, 3.63) is 21.5 Å². The van der Waals surface area contributed by atoms with Gasteiger partial charge in [0.25, 0.3) is 0 Å². The Kier molecular flexibility index (Phi) is 3.68. The van der Waals surface area contributed by atoms with Gasteiger partial charge in [-0.15, -0.1) is 0 Å². The van der Waals surface area contributed by atoms with Crippen LogP contribution in [-0.2, 0) is 4.74 Å². The fourth-order valence-corrected chi connectivity index (χ4v) is 1.37. The lowest BCUT2D eigenvalue weighted by Gasteiger charge is -2.08. The number of nitrogens with two attached hydrogens (primary N) is 1. The smallest absolute Gasteiger partial charge is 0.359 e. The summed E-state index contributed by atoms with van der Waals surface area (Å²) >= 11 is 2.08. The molecule has 1 aromatic heterocycles. The van der Waals surface area contributed by atoms with E-state index in [1.165, 1.54) is 0 Å². The molecule has 0 aliphatic rings. The number of hydrogen-bond donors (Lipinski definition) is 1. The van der Waals surface area contributed by atoms with Gasteiger partial charge in [0.15, 0.2) is 5.69 Å². The third-order valence-corrected chi connectivity index (χ3v) is 2.01. The molecule has 4 nitrogen and oxygen atoms in total. The number of nitrogen functional groups attached to an aromatic ring is 1. The van der Waals surface area contributed by atoms with Crippen molar-refractivity contribution >= 4 is 34.2 Å². The molecule has 76 valence electrons. The van der Waals surface area contributed by atoms with Gasteiger partial charge >= 0.3 is 5.97 Å². The van der Waals surface area contributed by atoms with Crippen LogP contribution in [0, 0.1) is 3.57 Å². The maximum absolute atomic E-state index is 11.4. The molecule has 0 aliphatic carbocycles. The SMILES string of the molecule is CC(C)OC(=O)c1ncc(I)cc1N. The van der Waals surface area contributed by atoms with Gasteiger partial charge in [0, 0.05) is 9.77 Å². The molecule has 0 spiro atoms. The van der Waals surface area contributed by atoms with E-state index in [0.717, 1.165) is 3.57 Å². The molecular formula is C9H11IN2O2. The van der Waals surface area contributed by atoms with E-state index in [-0.39, 0.29) is 11.8 Å². The van der Waals surface area contributed by atoms with Crippen LogP contribution >= 0.6 is 22.6 Å². The summed E-state index contributed by atoms with van der Waals surface area (Å²) < 4.78 is 5.86. The Labute approximate surface area is 96.0 Å². The number of anilines is 1. The summed E-state index contributed by atoms with van der Waals surface area (Å²) in [7, 11) is 0. The quantitative estimate of drug-likeness (QED) is 0.669. The van der Waals surface area contributed by atoms with Crippen LogP contribution in [0.1, 0.15) is 24.3 Å². The number of nitrogens with zero attached hydrogens (tertiary/aromatic N) is 1. The molecule has 0 radical (unpaired) electrons. The molecule has 0 unspecified atom stereocenters. The molecule has 0 atom stereocenters. The van der Waals surface area contributed by atoms with E-state index in [2.05, 4.69) is 27.6 Å². The van der Waals surface area contributed by atoms with Gasteiger partial charge in [-0.3, -0.25) is 0 Å². The van der Waals surface area contributed by atoms with Gasteiger partial charge < -0.3 is 10.5 Å². The number of pyridine rings is 1. The van der Waals surface area contributed by atoms with E-state index in [1.807, 2.05) is 0 Å². The predicted octanol–water partition coefficient (Wildman–Crippen LogP) is 1.83. The van der Waals surface area contributed by atoms with E-state index < -0.39 is 5.97 Å². The van der Waals surface area contributed by atoms with Crippen molar-refractivity contribution in [3.63, 3.8) is 0 Å². The van der Waals surface area contributed by atoms with Gasteiger partial charge in [-0.2, -0.15) is 0 Å². The molecule has 1 rings (SSSR count). The molecule has 0 aliphatic heterocycles. The average Bonchev–Trinajstić information content (AvgIpc) is 2.01. The zero-order chi connectivity index (χ0) is 10.7. The first-order valence-electron chi connectivity index (χ1n) is 4.12. The number of halogens is 1. The highest BCUT2D eigenvalue weighted by molar-refractivity contribution is 14.1. The summed E-state index contributed by atoms with van der Waals surface area (Å²) in [6.45, 7) is 3.56. The predicted molar refractivity (Wildman–Crippen MR) is 61.9 cm³/mol. The van der Waals surface area contributed by atoms with Crippen LogP contribution < -0.4 is 5.73 Å². The molecule has 0 saturated heterocycles. The zero-order valence-electron chi connectivity index (χ0n) is 7.95. The Morgan fingerprint density at radius 1 is 1.64 bits per heavy atom. The average molecular weight is 306 g/mol. The normalized spacial score (nSPS) is 10.3. The van der Waals surface area contributed by atoms with Gasteiger partial charge in [0.05, 0.1) is 11.8 Å². The number of ether oxygens (including phenoxy) is 1. The summed E-state index contributed by atoms with van der Waals surface area (Å²) in [5.41, 5.74) is 6.16. The van der Waals surface area contributed by atoms with Crippen molar-refractivity contribution in [2.45, 2.75) is 20.0 Å². The lowest BCUT2D eigenvalue weighted by Crippen LogP contribution is -2.15. The molecule has 0 saturated carbocycles. The minimum absolute atomic E-state index is 0.164. The highest BCUT2D eigenvalue weighted by Gasteiger charge is 2.14. The number of esters is 1. The first-order chi connectivity index (χ1) is 6.50. The van der Waals surface area contributed by atoms with Gasteiger partial charge in [-0.1, -0.05) is 0 Å². The van der Waals surface area contributed by atoms with Gasteiger partial charge in [0.1, 0.15) is 0 Å². The monoisotopic (exact) mass is 306 g/mol. The lowest BCUT2D eigenvalue weighted by atomic mass is 10.3. The number of rotatable bonds is 2. The van der Waals surface area contributed by atoms with Crippen LogP contribution in [0.4, 0.5) is 5.69 Å². The van der Waals surface area contributed by atoms with E-state index in [4.69, 9.17) is 10.5 Å². The molecule has 1 heterocycles. The van der Waals surface area contributed by atoms with Gasteiger partial charge in [0.2, 0.25) is 0 Å². The van der Waals surface area contributed by atoms with E-state index in [0.29, 0.717) is 5.69 Å².